The number of hydrogen-bond donors (Lipinski definition) is 0. The third-order valence-electron chi connectivity index (χ3n) is 6.44. The van der Waals surface area contributed by atoms with Crippen LogP contribution >= 0.6 is 0 Å². The number of fused-ring (bicyclic) bond motifs is 1. The Morgan fingerprint density at radius 3 is 2.58 bits per heavy atom. The lowest BCUT2D eigenvalue weighted by Gasteiger charge is -2.27. The van der Waals surface area contributed by atoms with Gasteiger partial charge in [0, 0.05) is 49.5 Å². The predicted molar refractivity (Wildman–Crippen MR) is 143 cm³/mol. The molecule has 0 radical (unpaired) electrons. The second kappa shape index (κ2) is 10.4. The van der Waals surface area contributed by atoms with Gasteiger partial charge >= 0.3 is 12.3 Å². The summed E-state index contributed by atoms with van der Waals surface area (Å²) in [6.45, 7) is 8.83. The minimum atomic E-state index is -4.37. The number of carbonyl (C=O) groups is 1. The molecule has 0 unspecified atom stereocenters. The van der Waals surface area contributed by atoms with Crippen molar-refractivity contribution in [2.45, 2.75) is 52.4 Å². The van der Waals surface area contributed by atoms with Crippen LogP contribution in [0.5, 0.6) is 0 Å². The Bertz CT molecular complexity index is 1520. The quantitative estimate of drug-likeness (QED) is 0.349. The first-order valence-corrected chi connectivity index (χ1v) is 13.0. The first-order chi connectivity index (χ1) is 18.9. The number of aromatic nitrogens is 6. The van der Waals surface area contributed by atoms with Crippen LogP contribution in [0.3, 0.4) is 0 Å². The van der Waals surface area contributed by atoms with Crippen LogP contribution in [0.2, 0.25) is 0 Å². The van der Waals surface area contributed by atoms with Gasteiger partial charge in [0.2, 0.25) is 0 Å². The van der Waals surface area contributed by atoms with Crippen molar-refractivity contribution in [1.82, 2.24) is 34.4 Å². The minimum Gasteiger partial charge on any atom is -0.444 e. The van der Waals surface area contributed by atoms with Crippen LogP contribution in [0, 0.1) is 6.92 Å². The number of halogens is 3. The van der Waals surface area contributed by atoms with Crippen molar-refractivity contribution in [3.8, 4) is 17.1 Å². The van der Waals surface area contributed by atoms with E-state index < -0.39 is 18.3 Å². The van der Waals surface area contributed by atoms with Gasteiger partial charge in [-0.1, -0.05) is 6.07 Å². The fraction of sp³-hybridized carbons (Fsp3) is 0.444. The highest BCUT2D eigenvalue weighted by atomic mass is 19.4. The maximum absolute atomic E-state index is 12.8. The molecule has 1 saturated heterocycles. The monoisotopic (exact) mass is 556 g/mol. The summed E-state index contributed by atoms with van der Waals surface area (Å²) in [6.07, 6.45) is 2.08. The lowest BCUT2D eigenvalue weighted by molar-refractivity contribution is -0.142. The van der Waals surface area contributed by atoms with E-state index in [-0.39, 0.29) is 6.09 Å². The zero-order chi connectivity index (χ0) is 28.7. The second-order valence-corrected chi connectivity index (χ2v) is 10.8. The molecule has 1 aliphatic rings. The van der Waals surface area contributed by atoms with Crippen LogP contribution in [-0.2, 0) is 11.3 Å². The highest BCUT2D eigenvalue weighted by Crippen LogP contribution is 2.27. The van der Waals surface area contributed by atoms with Crippen LogP contribution in [0.4, 0.5) is 23.8 Å². The first-order valence-electron chi connectivity index (χ1n) is 13.0. The summed E-state index contributed by atoms with van der Waals surface area (Å²) in [4.78, 5) is 25.8. The van der Waals surface area contributed by atoms with Gasteiger partial charge in [0.1, 0.15) is 18.0 Å². The summed E-state index contributed by atoms with van der Waals surface area (Å²) in [7, 11) is 0. The molecule has 0 spiro atoms. The van der Waals surface area contributed by atoms with E-state index in [1.807, 2.05) is 39.8 Å². The van der Waals surface area contributed by atoms with Gasteiger partial charge < -0.3 is 14.5 Å². The largest absolute Gasteiger partial charge is 0.444 e. The molecule has 5 heterocycles. The van der Waals surface area contributed by atoms with E-state index in [9.17, 15) is 18.0 Å². The molecule has 0 atom stereocenters. The lowest BCUT2D eigenvalue weighted by atomic mass is 10.2. The molecule has 0 bridgehead atoms. The number of ether oxygens (including phenoxy) is 1. The number of hydrogen-bond acceptors (Lipinski definition) is 7. The molecule has 212 valence electrons. The van der Waals surface area contributed by atoms with Gasteiger partial charge in [0.05, 0.1) is 23.6 Å². The average Bonchev–Trinajstić information content (AvgIpc) is 3.41. The predicted octanol–water partition coefficient (Wildman–Crippen LogP) is 5.00. The highest BCUT2D eigenvalue weighted by molar-refractivity contribution is 5.83. The maximum Gasteiger partial charge on any atom is 0.410 e. The number of aryl methyl sites for hydroxylation is 1. The molecule has 0 aliphatic carbocycles. The standard InChI is InChI=1S/C27H31F3N8O2/c1-18-6-7-23(34-24(18)35-8-5-9-36(11-10-35)25(39)40-26(2,3)4)38-22-12-21(31-13-19(22)14-33-38)20-15-32-37(16-20)17-27(28,29)30/h6-7,12-16H,5,8-11,17H2,1-4H3. The normalized spacial score (nSPS) is 15.0. The van der Waals surface area contributed by atoms with Crippen molar-refractivity contribution in [2.24, 2.45) is 0 Å². The zero-order valence-corrected chi connectivity index (χ0v) is 22.8. The topological polar surface area (TPSA) is 94.2 Å². The van der Waals surface area contributed by atoms with Crippen molar-refractivity contribution in [3.63, 3.8) is 0 Å². The smallest absolute Gasteiger partial charge is 0.410 e. The summed E-state index contributed by atoms with van der Waals surface area (Å²) < 4.78 is 46.4. The molecule has 4 aromatic rings. The Hall–Kier alpha value is -4.16. The van der Waals surface area contributed by atoms with Gasteiger partial charge in [-0.25, -0.2) is 14.5 Å². The van der Waals surface area contributed by atoms with Crippen LogP contribution in [0.25, 0.3) is 28.0 Å². The molecule has 10 nitrogen and oxygen atoms in total. The average molecular weight is 557 g/mol. The third-order valence-corrected chi connectivity index (χ3v) is 6.44. The van der Waals surface area contributed by atoms with Crippen molar-refractivity contribution in [1.29, 1.82) is 0 Å². The second-order valence-electron chi connectivity index (χ2n) is 10.8. The molecule has 1 aliphatic heterocycles. The molecule has 0 aromatic carbocycles. The minimum absolute atomic E-state index is 0.316. The van der Waals surface area contributed by atoms with Gasteiger partial charge in [-0.15, -0.1) is 0 Å². The molecular formula is C27H31F3N8O2. The van der Waals surface area contributed by atoms with Gasteiger partial charge in [0.15, 0.2) is 5.82 Å². The van der Waals surface area contributed by atoms with Crippen molar-refractivity contribution < 1.29 is 22.7 Å². The number of rotatable bonds is 4. The van der Waals surface area contributed by atoms with Gasteiger partial charge in [0.25, 0.3) is 0 Å². The Kier molecular flexibility index (Phi) is 7.15. The summed E-state index contributed by atoms with van der Waals surface area (Å²) in [5.74, 6) is 1.39. The summed E-state index contributed by atoms with van der Waals surface area (Å²) in [5, 5.41) is 9.10. The van der Waals surface area contributed by atoms with Gasteiger partial charge in [-0.2, -0.15) is 23.4 Å². The number of nitrogens with zero attached hydrogens (tertiary/aromatic N) is 8. The van der Waals surface area contributed by atoms with Gasteiger partial charge in [-0.3, -0.25) is 9.67 Å². The number of anilines is 1. The van der Waals surface area contributed by atoms with E-state index >= 15 is 0 Å². The Morgan fingerprint density at radius 1 is 1.02 bits per heavy atom. The van der Waals surface area contributed by atoms with Crippen LogP contribution in [0.1, 0.15) is 32.8 Å². The highest BCUT2D eigenvalue weighted by Gasteiger charge is 2.29. The lowest BCUT2D eigenvalue weighted by Crippen LogP contribution is -2.39. The van der Waals surface area contributed by atoms with Crippen LogP contribution in [-0.4, -0.2) is 78.5 Å². The van der Waals surface area contributed by atoms with E-state index in [0.29, 0.717) is 42.2 Å². The SMILES string of the molecule is Cc1ccc(-n2ncc3cnc(-c4cnn(CC(F)(F)F)c4)cc32)nc1N1CCCN(C(=O)OC(C)(C)C)CC1. The molecular weight excluding hydrogens is 525 g/mol. The van der Waals surface area contributed by atoms with E-state index in [1.54, 1.807) is 28.0 Å². The molecule has 0 N–H and O–H groups in total. The summed E-state index contributed by atoms with van der Waals surface area (Å²) in [6, 6.07) is 5.62. The van der Waals surface area contributed by atoms with Crippen molar-refractivity contribution in [2.75, 3.05) is 31.1 Å². The summed E-state index contributed by atoms with van der Waals surface area (Å²) in [5.41, 5.74) is 2.09. The number of carbonyl (C=O) groups excluding carboxylic acids is 1. The van der Waals surface area contributed by atoms with E-state index in [4.69, 9.17) is 9.72 Å². The fourth-order valence-corrected chi connectivity index (χ4v) is 4.61. The number of pyridine rings is 2. The van der Waals surface area contributed by atoms with Crippen LogP contribution in [0.15, 0.2) is 43.0 Å². The molecule has 4 aromatic heterocycles. The molecule has 1 amide bonds. The molecule has 1 fully saturated rings. The van der Waals surface area contributed by atoms with Crippen molar-refractivity contribution >= 4 is 22.8 Å². The number of alkyl halides is 3. The van der Waals surface area contributed by atoms with E-state index in [0.717, 1.165) is 34.4 Å². The maximum atomic E-state index is 12.8. The van der Waals surface area contributed by atoms with Gasteiger partial charge in [-0.05, 0) is 51.8 Å². The van der Waals surface area contributed by atoms with E-state index in [1.165, 1.54) is 12.4 Å². The molecule has 40 heavy (non-hydrogen) atoms. The number of amides is 1. The molecule has 5 rings (SSSR count). The Labute approximate surface area is 229 Å². The summed E-state index contributed by atoms with van der Waals surface area (Å²) >= 11 is 0. The Balaban J connectivity index is 1.40. The fourth-order valence-electron chi connectivity index (χ4n) is 4.61. The zero-order valence-electron chi connectivity index (χ0n) is 22.8. The molecule has 13 heteroatoms. The van der Waals surface area contributed by atoms with Crippen LogP contribution < -0.4 is 4.90 Å². The third kappa shape index (κ3) is 6.18. The van der Waals surface area contributed by atoms with Crippen molar-refractivity contribution in [3.05, 3.63) is 48.5 Å². The molecule has 0 saturated carbocycles. The van der Waals surface area contributed by atoms with E-state index in [2.05, 4.69) is 20.1 Å². The Morgan fingerprint density at radius 2 is 1.82 bits per heavy atom. The first kappa shape index (κ1) is 27.4.